The van der Waals surface area contributed by atoms with Crippen molar-refractivity contribution in [2.75, 3.05) is 5.73 Å². The van der Waals surface area contributed by atoms with Gasteiger partial charge in [-0.1, -0.05) is 17.3 Å². The summed E-state index contributed by atoms with van der Waals surface area (Å²) in [6.07, 6.45) is 0. The lowest BCUT2D eigenvalue weighted by Crippen LogP contribution is -2.03. The smallest absolute Gasteiger partial charge is 0.358 e. The molecule has 0 fully saturated rings. The maximum Gasteiger partial charge on any atom is 0.358 e. The molecule has 0 aliphatic heterocycles. The molecule has 1 aromatic carbocycles. The van der Waals surface area contributed by atoms with Gasteiger partial charge in [-0.2, -0.15) is 0 Å². The van der Waals surface area contributed by atoms with Crippen LogP contribution in [0.5, 0.6) is 0 Å². The van der Waals surface area contributed by atoms with Crippen LogP contribution in [0.4, 0.5) is 5.69 Å². The van der Waals surface area contributed by atoms with Crippen LogP contribution < -0.4 is 5.73 Å². The van der Waals surface area contributed by atoms with Gasteiger partial charge in [-0.3, -0.25) is 0 Å². The molecular formula is C11H12N4O2. The van der Waals surface area contributed by atoms with Crippen LogP contribution in [0.3, 0.4) is 0 Å². The lowest BCUT2D eigenvalue weighted by molar-refractivity contribution is 0.0691. The Morgan fingerprint density at radius 2 is 2.29 bits per heavy atom. The molecule has 0 saturated carbocycles. The van der Waals surface area contributed by atoms with E-state index in [-0.39, 0.29) is 5.69 Å². The van der Waals surface area contributed by atoms with E-state index in [1.807, 2.05) is 6.92 Å². The summed E-state index contributed by atoms with van der Waals surface area (Å²) in [6, 6.07) is 7.00. The number of anilines is 1. The van der Waals surface area contributed by atoms with Gasteiger partial charge in [0.2, 0.25) is 0 Å². The van der Waals surface area contributed by atoms with Crippen LogP contribution in [0.25, 0.3) is 11.3 Å². The third-order valence-electron chi connectivity index (χ3n) is 2.40. The first-order valence-corrected chi connectivity index (χ1v) is 5.16. The number of aromatic carboxylic acids is 1. The zero-order chi connectivity index (χ0) is 12.4. The minimum atomic E-state index is -1.10. The van der Waals surface area contributed by atoms with E-state index in [2.05, 4.69) is 10.3 Å². The average molecular weight is 232 g/mol. The van der Waals surface area contributed by atoms with Gasteiger partial charge in [0.15, 0.2) is 5.69 Å². The van der Waals surface area contributed by atoms with Crippen LogP contribution in [-0.2, 0) is 6.54 Å². The SMILES string of the molecule is CCn1nnc(C(=O)O)c1-c1cccc(N)c1. The van der Waals surface area contributed by atoms with Crippen molar-refractivity contribution in [3.8, 4) is 11.3 Å². The second-order valence-electron chi connectivity index (χ2n) is 3.53. The van der Waals surface area contributed by atoms with Crippen molar-refractivity contribution in [1.82, 2.24) is 15.0 Å². The first-order valence-electron chi connectivity index (χ1n) is 5.16. The predicted octanol–water partition coefficient (Wildman–Crippen LogP) is 1.25. The van der Waals surface area contributed by atoms with Crippen LogP contribution in [-0.4, -0.2) is 26.1 Å². The van der Waals surface area contributed by atoms with Crippen molar-refractivity contribution in [3.05, 3.63) is 30.0 Å². The molecule has 1 heterocycles. The predicted molar refractivity (Wildman–Crippen MR) is 62.5 cm³/mol. The van der Waals surface area contributed by atoms with Crippen molar-refractivity contribution in [3.63, 3.8) is 0 Å². The van der Waals surface area contributed by atoms with E-state index in [0.717, 1.165) is 0 Å². The first-order chi connectivity index (χ1) is 8.13. The Morgan fingerprint density at radius 1 is 1.53 bits per heavy atom. The fourth-order valence-electron chi connectivity index (χ4n) is 1.65. The van der Waals surface area contributed by atoms with Gasteiger partial charge in [0.25, 0.3) is 0 Å². The zero-order valence-electron chi connectivity index (χ0n) is 9.29. The highest BCUT2D eigenvalue weighted by Gasteiger charge is 2.19. The molecule has 1 aromatic heterocycles. The molecule has 0 aliphatic rings. The number of rotatable bonds is 3. The highest BCUT2D eigenvalue weighted by molar-refractivity contribution is 5.92. The fourth-order valence-corrected chi connectivity index (χ4v) is 1.65. The van der Waals surface area contributed by atoms with Crippen molar-refractivity contribution in [2.24, 2.45) is 0 Å². The van der Waals surface area contributed by atoms with Crippen molar-refractivity contribution >= 4 is 11.7 Å². The number of hydrogen-bond acceptors (Lipinski definition) is 4. The number of nitrogens with two attached hydrogens (primary N) is 1. The Morgan fingerprint density at radius 3 is 2.88 bits per heavy atom. The topological polar surface area (TPSA) is 94.0 Å². The highest BCUT2D eigenvalue weighted by atomic mass is 16.4. The maximum absolute atomic E-state index is 11.1. The summed E-state index contributed by atoms with van der Waals surface area (Å²) < 4.78 is 1.54. The minimum absolute atomic E-state index is 0.0579. The minimum Gasteiger partial charge on any atom is -0.476 e. The Kier molecular flexibility index (Phi) is 2.78. The van der Waals surface area contributed by atoms with E-state index in [9.17, 15) is 4.79 Å². The van der Waals surface area contributed by atoms with Gasteiger partial charge >= 0.3 is 5.97 Å². The third-order valence-corrected chi connectivity index (χ3v) is 2.40. The van der Waals surface area contributed by atoms with Crippen LogP contribution >= 0.6 is 0 Å². The Balaban J connectivity index is 2.64. The standard InChI is InChI=1S/C11H12N4O2/c1-2-15-10(9(11(16)17)13-14-15)7-4-3-5-8(12)6-7/h3-6H,2,12H2,1H3,(H,16,17). The summed E-state index contributed by atoms with van der Waals surface area (Å²) in [7, 11) is 0. The molecule has 6 nitrogen and oxygen atoms in total. The molecule has 0 bridgehead atoms. The highest BCUT2D eigenvalue weighted by Crippen LogP contribution is 2.24. The van der Waals surface area contributed by atoms with Crippen molar-refractivity contribution in [1.29, 1.82) is 0 Å². The molecule has 0 atom stereocenters. The summed E-state index contributed by atoms with van der Waals surface area (Å²) in [4.78, 5) is 11.1. The number of nitrogens with zero attached hydrogens (tertiary/aromatic N) is 3. The summed E-state index contributed by atoms with van der Waals surface area (Å²) in [5, 5.41) is 16.5. The van der Waals surface area contributed by atoms with Crippen LogP contribution in [0.15, 0.2) is 24.3 Å². The second kappa shape index (κ2) is 4.25. The van der Waals surface area contributed by atoms with Gasteiger partial charge in [0.1, 0.15) is 5.69 Å². The largest absolute Gasteiger partial charge is 0.476 e. The summed E-state index contributed by atoms with van der Waals surface area (Å²) in [5.41, 5.74) is 7.38. The normalized spacial score (nSPS) is 10.4. The monoisotopic (exact) mass is 232 g/mol. The lowest BCUT2D eigenvalue weighted by Gasteiger charge is -2.05. The second-order valence-corrected chi connectivity index (χ2v) is 3.53. The molecule has 3 N–H and O–H groups in total. The molecular weight excluding hydrogens is 220 g/mol. The van der Waals surface area contributed by atoms with E-state index < -0.39 is 5.97 Å². The van der Waals surface area contributed by atoms with E-state index in [1.165, 1.54) is 4.68 Å². The molecule has 0 radical (unpaired) electrons. The summed E-state index contributed by atoms with van der Waals surface area (Å²) in [6.45, 7) is 2.42. The number of nitrogen functional groups attached to an aromatic ring is 1. The molecule has 88 valence electrons. The van der Waals surface area contributed by atoms with Gasteiger partial charge in [0, 0.05) is 17.8 Å². The van der Waals surface area contributed by atoms with E-state index in [1.54, 1.807) is 24.3 Å². The van der Waals surface area contributed by atoms with Crippen LogP contribution in [0.2, 0.25) is 0 Å². The molecule has 0 aliphatic carbocycles. The fraction of sp³-hybridized carbons (Fsp3) is 0.182. The van der Waals surface area contributed by atoms with E-state index in [0.29, 0.717) is 23.5 Å². The van der Waals surface area contributed by atoms with Gasteiger partial charge in [-0.15, -0.1) is 5.10 Å². The number of benzene rings is 1. The lowest BCUT2D eigenvalue weighted by atomic mass is 10.1. The maximum atomic E-state index is 11.1. The van der Waals surface area contributed by atoms with Crippen molar-refractivity contribution < 1.29 is 9.90 Å². The molecule has 0 amide bonds. The number of aromatic nitrogens is 3. The number of carbonyl (C=O) groups is 1. The Labute approximate surface area is 97.7 Å². The quantitative estimate of drug-likeness (QED) is 0.776. The Hall–Kier alpha value is -2.37. The molecule has 0 spiro atoms. The molecule has 2 aromatic rings. The molecule has 0 unspecified atom stereocenters. The summed E-state index contributed by atoms with van der Waals surface area (Å²) >= 11 is 0. The average Bonchev–Trinajstić information content (AvgIpc) is 2.72. The number of aryl methyl sites for hydroxylation is 1. The number of carboxylic acid groups (broad SMARTS) is 1. The van der Waals surface area contributed by atoms with Gasteiger partial charge in [-0.05, 0) is 19.1 Å². The Bertz CT molecular complexity index is 562. The van der Waals surface area contributed by atoms with Gasteiger partial charge in [0.05, 0.1) is 0 Å². The van der Waals surface area contributed by atoms with Crippen molar-refractivity contribution in [2.45, 2.75) is 13.5 Å². The van der Waals surface area contributed by atoms with Gasteiger partial charge in [-0.25, -0.2) is 9.48 Å². The molecule has 17 heavy (non-hydrogen) atoms. The molecule has 0 saturated heterocycles. The number of hydrogen-bond donors (Lipinski definition) is 2. The van der Waals surface area contributed by atoms with E-state index >= 15 is 0 Å². The van der Waals surface area contributed by atoms with Gasteiger partial charge < -0.3 is 10.8 Å². The number of carboxylic acids is 1. The molecule has 6 heteroatoms. The van der Waals surface area contributed by atoms with Crippen LogP contribution in [0, 0.1) is 0 Å². The first kappa shape index (κ1) is 11.1. The summed E-state index contributed by atoms with van der Waals surface area (Å²) in [5.74, 6) is -1.10. The van der Waals surface area contributed by atoms with Crippen LogP contribution in [0.1, 0.15) is 17.4 Å². The van der Waals surface area contributed by atoms with E-state index in [4.69, 9.17) is 10.8 Å². The third kappa shape index (κ3) is 1.96. The molecule has 2 rings (SSSR count). The zero-order valence-corrected chi connectivity index (χ0v) is 9.29.